The van der Waals surface area contributed by atoms with Crippen molar-refractivity contribution in [2.24, 2.45) is 7.05 Å². The maximum absolute atomic E-state index is 13.2. The van der Waals surface area contributed by atoms with E-state index in [1.807, 2.05) is 30.3 Å². The number of anilines is 1. The lowest BCUT2D eigenvalue weighted by Crippen LogP contribution is -2.32. The fraction of sp³-hybridized carbons (Fsp3) is 0.250. The number of nitrogens with one attached hydrogen (secondary N) is 1. The Hall–Kier alpha value is -2.71. The van der Waals surface area contributed by atoms with Gasteiger partial charge >= 0.3 is 0 Å². The summed E-state index contributed by atoms with van der Waals surface area (Å²) < 4.78 is 42.4. The van der Waals surface area contributed by atoms with Crippen LogP contribution in [0.15, 0.2) is 72.1 Å². The van der Waals surface area contributed by atoms with Gasteiger partial charge in [0.1, 0.15) is 5.82 Å². The predicted molar refractivity (Wildman–Crippen MR) is 105 cm³/mol. The Morgan fingerprint density at radius 3 is 2.43 bits per heavy atom. The number of aryl methyl sites for hydroxylation is 1. The van der Waals surface area contributed by atoms with E-state index in [2.05, 4.69) is 10.3 Å². The van der Waals surface area contributed by atoms with E-state index < -0.39 is 10.0 Å². The molecule has 3 aromatic rings. The van der Waals surface area contributed by atoms with Crippen LogP contribution in [-0.2, 0) is 17.1 Å². The largest absolute Gasteiger partial charge is 0.380 e. The predicted octanol–water partition coefficient (Wildman–Crippen LogP) is 2.83. The quantitative estimate of drug-likeness (QED) is 0.715. The first-order chi connectivity index (χ1) is 13.4. The van der Waals surface area contributed by atoms with Crippen molar-refractivity contribution in [3.8, 4) is 0 Å². The van der Waals surface area contributed by atoms with Gasteiger partial charge in [-0.15, -0.1) is 0 Å². The van der Waals surface area contributed by atoms with E-state index in [0.717, 1.165) is 11.3 Å². The first-order valence-electron chi connectivity index (χ1n) is 8.98. The second-order valence-electron chi connectivity index (χ2n) is 6.97. The standard InChI is InChI=1S/C20H21FN4O2S/c1-24-13-20(22-14-24)28(26,27)25-11-18(15-5-3-2-4-6-15)19(12-25)23-17-9-7-16(21)8-10-17/h2-10,13-14,18-19,23H,11-12H2,1H3. The summed E-state index contributed by atoms with van der Waals surface area (Å²) in [5.74, 6) is -0.347. The normalized spacial score (nSPS) is 20.4. The van der Waals surface area contributed by atoms with Crippen molar-refractivity contribution < 1.29 is 12.8 Å². The Labute approximate surface area is 163 Å². The molecule has 146 valence electrons. The molecule has 1 aliphatic heterocycles. The molecule has 0 saturated carbocycles. The zero-order valence-corrected chi connectivity index (χ0v) is 16.2. The van der Waals surface area contributed by atoms with E-state index in [0.29, 0.717) is 13.1 Å². The van der Waals surface area contributed by atoms with Gasteiger partial charge in [0.15, 0.2) is 5.03 Å². The number of aromatic nitrogens is 2. The molecule has 0 bridgehead atoms. The molecule has 2 atom stereocenters. The fourth-order valence-electron chi connectivity index (χ4n) is 3.56. The summed E-state index contributed by atoms with van der Waals surface area (Å²) in [7, 11) is -1.95. The van der Waals surface area contributed by atoms with Crippen molar-refractivity contribution in [1.29, 1.82) is 0 Å². The first-order valence-corrected chi connectivity index (χ1v) is 10.4. The average Bonchev–Trinajstić information content (AvgIpc) is 3.32. The third-order valence-corrected chi connectivity index (χ3v) is 6.71. The van der Waals surface area contributed by atoms with E-state index >= 15 is 0 Å². The van der Waals surface area contributed by atoms with Gasteiger partial charge in [-0.1, -0.05) is 30.3 Å². The molecule has 28 heavy (non-hydrogen) atoms. The van der Waals surface area contributed by atoms with Crippen LogP contribution in [0, 0.1) is 5.82 Å². The minimum absolute atomic E-state index is 0.0373. The molecule has 1 saturated heterocycles. The lowest BCUT2D eigenvalue weighted by Gasteiger charge is -2.21. The van der Waals surface area contributed by atoms with Gasteiger partial charge in [-0.3, -0.25) is 0 Å². The minimum atomic E-state index is -3.69. The molecule has 0 aliphatic carbocycles. The molecule has 2 heterocycles. The number of imidazole rings is 1. The molecule has 6 nitrogen and oxygen atoms in total. The van der Waals surface area contributed by atoms with Gasteiger partial charge < -0.3 is 9.88 Å². The molecule has 1 N–H and O–H groups in total. The Bertz CT molecular complexity index is 1050. The van der Waals surface area contributed by atoms with Gasteiger partial charge in [-0.05, 0) is 29.8 Å². The lowest BCUT2D eigenvalue weighted by atomic mass is 9.94. The summed E-state index contributed by atoms with van der Waals surface area (Å²) in [5, 5.41) is 3.42. The third-order valence-electron chi connectivity index (χ3n) is 5.00. The summed E-state index contributed by atoms with van der Waals surface area (Å²) in [6.45, 7) is 0.650. The molecule has 0 amide bonds. The highest BCUT2D eigenvalue weighted by Gasteiger charge is 2.40. The van der Waals surface area contributed by atoms with Crippen molar-refractivity contribution in [1.82, 2.24) is 13.9 Å². The van der Waals surface area contributed by atoms with Gasteiger partial charge in [0.2, 0.25) is 0 Å². The van der Waals surface area contributed by atoms with Gasteiger partial charge in [-0.2, -0.15) is 4.31 Å². The van der Waals surface area contributed by atoms with E-state index in [1.54, 1.807) is 23.7 Å². The van der Waals surface area contributed by atoms with Crippen molar-refractivity contribution >= 4 is 15.7 Å². The molecule has 0 spiro atoms. The Kier molecular flexibility index (Phi) is 4.91. The lowest BCUT2D eigenvalue weighted by molar-refractivity contribution is 0.468. The summed E-state index contributed by atoms with van der Waals surface area (Å²) in [6.07, 6.45) is 2.99. The van der Waals surface area contributed by atoms with Crippen molar-refractivity contribution in [2.45, 2.75) is 17.0 Å². The SMILES string of the molecule is Cn1cnc(S(=O)(=O)N2CC(Nc3ccc(F)cc3)C(c3ccccc3)C2)c1. The van der Waals surface area contributed by atoms with E-state index in [4.69, 9.17) is 0 Å². The number of hydrogen-bond donors (Lipinski definition) is 1. The number of sulfonamides is 1. The third kappa shape index (κ3) is 3.65. The van der Waals surface area contributed by atoms with Crippen molar-refractivity contribution in [3.05, 3.63) is 78.5 Å². The molecular formula is C20H21FN4O2S. The van der Waals surface area contributed by atoms with Gasteiger partial charge in [-0.25, -0.2) is 17.8 Å². The van der Waals surface area contributed by atoms with Gasteiger partial charge in [0.05, 0.1) is 6.33 Å². The van der Waals surface area contributed by atoms with Crippen LogP contribution in [0.4, 0.5) is 10.1 Å². The van der Waals surface area contributed by atoms with Crippen LogP contribution in [-0.4, -0.2) is 41.4 Å². The average molecular weight is 400 g/mol. The van der Waals surface area contributed by atoms with Crippen LogP contribution >= 0.6 is 0 Å². The van der Waals surface area contributed by atoms with Gasteiger partial charge in [0.25, 0.3) is 10.0 Å². The summed E-state index contributed by atoms with van der Waals surface area (Å²) in [5.41, 5.74) is 1.81. The molecule has 4 rings (SSSR count). The molecule has 0 radical (unpaired) electrons. The molecule has 2 aromatic carbocycles. The molecule has 1 aliphatic rings. The highest BCUT2D eigenvalue weighted by atomic mass is 32.2. The number of halogens is 1. The molecule has 8 heteroatoms. The Morgan fingerprint density at radius 2 is 1.79 bits per heavy atom. The number of nitrogens with zero attached hydrogens (tertiary/aromatic N) is 3. The minimum Gasteiger partial charge on any atom is -0.380 e. The van der Waals surface area contributed by atoms with Crippen LogP contribution in [0.5, 0.6) is 0 Å². The molecule has 2 unspecified atom stereocenters. The topological polar surface area (TPSA) is 67.2 Å². The fourth-order valence-corrected chi connectivity index (χ4v) is 5.02. The maximum atomic E-state index is 13.2. The van der Waals surface area contributed by atoms with Gasteiger partial charge in [0, 0.05) is 44.0 Å². The number of benzene rings is 2. The van der Waals surface area contributed by atoms with Crippen LogP contribution in [0.3, 0.4) is 0 Å². The highest BCUT2D eigenvalue weighted by Crippen LogP contribution is 2.33. The van der Waals surface area contributed by atoms with Crippen molar-refractivity contribution in [2.75, 3.05) is 18.4 Å². The molecular weight excluding hydrogens is 379 g/mol. The van der Waals surface area contributed by atoms with Crippen molar-refractivity contribution in [3.63, 3.8) is 0 Å². The van der Waals surface area contributed by atoms with E-state index in [9.17, 15) is 12.8 Å². The summed E-state index contributed by atoms with van der Waals surface area (Å²) >= 11 is 0. The van der Waals surface area contributed by atoms with E-state index in [1.165, 1.54) is 29.0 Å². The van der Waals surface area contributed by atoms with Crippen LogP contribution in [0.2, 0.25) is 0 Å². The van der Waals surface area contributed by atoms with Crippen LogP contribution in [0.25, 0.3) is 0 Å². The number of hydrogen-bond acceptors (Lipinski definition) is 4. The first kappa shape index (κ1) is 18.6. The zero-order chi connectivity index (χ0) is 19.7. The zero-order valence-electron chi connectivity index (χ0n) is 15.4. The maximum Gasteiger partial charge on any atom is 0.262 e. The van der Waals surface area contributed by atoms with Crippen LogP contribution < -0.4 is 5.32 Å². The highest BCUT2D eigenvalue weighted by molar-refractivity contribution is 7.89. The van der Waals surface area contributed by atoms with Crippen LogP contribution in [0.1, 0.15) is 11.5 Å². The second kappa shape index (κ2) is 7.37. The monoisotopic (exact) mass is 400 g/mol. The molecule has 1 fully saturated rings. The smallest absolute Gasteiger partial charge is 0.262 e. The Balaban J connectivity index is 1.64. The molecule has 1 aromatic heterocycles. The Morgan fingerprint density at radius 1 is 1.07 bits per heavy atom. The van der Waals surface area contributed by atoms with E-state index in [-0.39, 0.29) is 22.8 Å². The second-order valence-corrected chi connectivity index (χ2v) is 8.86. The summed E-state index contributed by atoms with van der Waals surface area (Å²) in [6, 6.07) is 15.8. The number of rotatable bonds is 5. The summed E-state index contributed by atoms with van der Waals surface area (Å²) in [4.78, 5) is 4.02.